The molecular weight excluding hydrogens is 400 g/mol. The summed E-state index contributed by atoms with van der Waals surface area (Å²) in [4.78, 5) is 31.1. The second-order valence-corrected chi connectivity index (χ2v) is 9.64. The number of piperidine rings is 1. The van der Waals surface area contributed by atoms with Gasteiger partial charge in [0.15, 0.2) is 0 Å². The fourth-order valence-electron chi connectivity index (χ4n) is 4.68. The molecule has 3 aliphatic heterocycles. The van der Waals surface area contributed by atoms with Gasteiger partial charge in [0.2, 0.25) is 22.1 Å². The van der Waals surface area contributed by atoms with Gasteiger partial charge in [0.25, 0.3) is 0 Å². The molecule has 1 aromatic heterocycles. The van der Waals surface area contributed by atoms with Crippen molar-refractivity contribution in [3.8, 4) is 0 Å². The zero-order valence-corrected chi connectivity index (χ0v) is 18.7. The highest BCUT2D eigenvalue weighted by atomic mass is 32.1. The van der Waals surface area contributed by atoms with E-state index in [1.807, 2.05) is 0 Å². The van der Waals surface area contributed by atoms with Gasteiger partial charge < -0.3 is 15.1 Å². The first-order valence-corrected chi connectivity index (χ1v) is 12.4. The van der Waals surface area contributed by atoms with E-state index >= 15 is 0 Å². The van der Waals surface area contributed by atoms with E-state index in [0.717, 1.165) is 57.0 Å². The molecule has 0 spiro atoms. The third-order valence-electron chi connectivity index (χ3n) is 6.42. The van der Waals surface area contributed by atoms with Crippen molar-refractivity contribution >= 4 is 33.4 Å². The van der Waals surface area contributed by atoms with E-state index in [2.05, 4.69) is 25.3 Å². The van der Waals surface area contributed by atoms with Gasteiger partial charge in [-0.2, -0.15) is 0 Å². The third-order valence-corrected chi connectivity index (χ3v) is 7.43. The van der Waals surface area contributed by atoms with Crippen LogP contribution in [0.3, 0.4) is 0 Å². The molecule has 3 aliphatic rings. The number of likely N-dealkylation sites (tertiary alicyclic amines) is 1. The molecule has 0 aliphatic carbocycles. The summed E-state index contributed by atoms with van der Waals surface area (Å²) in [5.74, 6) is 0.293. The number of nitrogens with one attached hydrogen (secondary N) is 1. The Bertz CT molecular complexity index is 718. The Morgan fingerprint density at radius 2 is 1.80 bits per heavy atom. The molecule has 4 heterocycles. The van der Waals surface area contributed by atoms with Crippen LogP contribution in [0.2, 0.25) is 0 Å². The zero-order valence-electron chi connectivity index (χ0n) is 17.9. The fraction of sp³-hybridized carbons (Fsp3) is 0.810. The van der Waals surface area contributed by atoms with Crippen LogP contribution in [-0.2, 0) is 9.59 Å². The highest BCUT2D eigenvalue weighted by molar-refractivity contribution is 7.19. The Balaban J connectivity index is 1.22. The van der Waals surface area contributed by atoms with Gasteiger partial charge in [-0.3, -0.25) is 14.5 Å². The summed E-state index contributed by atoms with van der Waals surface area (Å²) in [6.07, 6.45) is 9.73. The van der Waals surface area contributed by atoms with Gasteiger partial charge >= 0.3 is 0 Å². The molecule has 1 aromatic rings. The second kappa shape index (κ2) is 10.5. The molecule has 0 radical (unpaired) electrons. The summed E-state index contributed by atoms with van der Waals surface area (Å²) < 4.78 is 0. The van der Waals surface area contributed by atoms with Gasteiger partial charge in [0.1, 0.15) is 0 Å². The van der Waals surface area contributed by atoms with Gasteiger partial charge in [0.05, 0.1) is 5.92 Å². The number of aromatic nitrogens is 2. The van der Waals surface area contributed by atoms with Gasteiger partial charge in [-0.05, 0) is 58.2 Å². The molecule has 1 N–H and O–H groups in total. The van der Waals surface area contributed by atoms with Crippen LogP contribution in [0.15, 0.2) is 0 Å². The van der Waals surface area contributed by atoms with Crippen molar-refractivity contribution in [3.05, 3.63) is 0 Å². The Kier molecular flexibility index (Phi) is 7.54. The summed E-state index contributed by atoms with van der Waals surface area (Å²) in [7, 11) is 0. The quantitative estimate of drug-likeness (QED) is 0.663. The Morgan fingerprint density at radius 1 is 1.00 bits per heavy atom. The number of hydrogen-bond acceptors (Lipinski definition) is 7. The van der Waals surface area contributed by atoms with Crippen molar-refractivity contribution in [2.75, 3.05) is 55.6 Å². The van der Waals surface area contributed by atoms with Crippen molar-refractivity contribution in [1.82, 2.24) is 20.4 Å². The lowest BCUT2D eigenvalue weighted by Crippen LogP contribution is -2.43. The maximum absolute atomic E-state index is 12.7. The fourth-order valence-corrected chi connectivity index (χ4v) is 5.60. The number of carbonyl (C=O) groups is 2. The molecule has 1 unspecified atom stereocenters. The van der Waals surface area contributed by atoms with Crippen LogP contribution in [0.1, 0.15) is 57.8 Å². The normalized spacial score (nSPS) is 23.6. The molecule has 2 amide bonds. The van der Waals surface area contributed by atoms with E-state index in [0.29, 0.717) is 18.1 Å². The predicted molar refractivity (Wildman–Crippen MR) is 119 cm³/mol. The maximum Gasteiger partial charge on any atom is 0.228 e. The van der Waals surface area contributed by atoms with Crippen LogP contribution in [0, 0.1) is 5.92 Å². The smallest absolute Gasteiger partial charge is 0.228 e. The number of carbonyl (C=O) groups excluding carboxylic acids is 2. The van der Waals surface area contributed by atoms with Gasteiger partial charge in [-0.25, -0.2) is 0 Å². The second-order valence-electron chi connectivity index (χ2n) is 8.70. The van der Waals surface area contributed by atoms with Crippen molar-refractivity contribution in [2.24, 2.45) is 5.92 Å². The van der Waals surface area contributed by atoms with Crippen LogP contribution in [0.4, 0.5) is 10.3 Å². The number of rotatable bonds is 7. The van der Waals surface area contributed by atoms with Crippen molar-refractivity contribution in [2.45, 2.75) is 57.8 Å². The van der Waals surface area contributed by atoms with E-state index in [-0.39, 0.29) is 17.7 Å². The molecule has 8 nitrogen and oxygen atoms in total. The molecule has 0 bridgehead atoms. The summed E-state index contributed by atoms with van der Waals surface area (Å²) in [5, 5.41) is 13.2. The van der Waals surface area contributed by atoms with Gasteiger partial charge in [-0.1, -0.05) is 24.2 Å². The maximum atomic E-state index is 12.7. The van der Waals surface area contributed by atoms with Crippen molar-refractivity contribution < 1.29 is 9.59 Å². The summed E-state index contributed by atoms with van der Waals surface area (Å²) in [6.45, 7) is 6.56. The number of anilines is 2. The van der Waals surface area contributed by atoms with E-state index in [1.165, 1.54) is 50.1 Å². The molecule has 3 saturated heterocycles. The molecule has 9 heteroatoms. The Morgan fingerprint density at radius 3 is 2.57 bits per heavy atom. The molecule has 3 fully saturated rings. The highest BCUT2D eigenvalue weighted by Crippen LogP contribution is 2.32. The van der Waals surface area contributed by atoms with Crippen molar-refractivity contribution in [3.63, 3.8) is 0 Å². The molecule has 0 saturated carbocycles. The van der Waals surface area contributed by atoms with E-state index in [4.69, 9.17) is 0 Å². The monoisotopic (exact) mass is 434 g/mol. The standard InChI is InChI=1S/C21H34N6O2S/c28-18-9-6-15-27(18)21-24-23-20(30-21)26-14-5-8-17(16-26)19(29)22-10-7-13-25-11-3-1-2-4-12-25/h17H,1-16H2,(H,22,29). The van der Waals surface area contributed by atoms with Crippen LogP contribution in [0.5, 0.6) is 0 Å². The summed E-state index contributed by atoms with van der Waals surface area (Å²) in [5.41, 5.74) is 0. The largest absolute Gasteiger partial charge is 0.356 e. The van der Waals surface area contributed by atoms with E-state index in [9.17, 15) is 9.59 Å². The first-order chi connectivity index (χ1) is 14.7. The zero-order chi connectivity index (χ0) is 20.8. The minimum absolute atomic E-state index is 0.00212. The number of nitrogens with zero attached hydrogens (tertiary/aromatic N) is 5. The summed E-state index contributed by atoms with van der Waals surface area (Å²) >= 11 is 1.46. The lowest BCUT2D eigenvalue weighted by Gasteiger charge is -2.31. The van der Waals surface area contributed by atoms with Crippen LogP contribution in [0.25, 0.3) is 0 Å². The van der Waals surface area contributed by atoms with E-state index in [1.54, 1.807) is 4.90 Å². The molecule has 1 atom stereocenters. The van der Waals surface area contributed by atoms with E-state index < -0.39 is 0 Å². The van der Waals surface area contributed by atoms with Gasteiger partial charge in [-0.15, -0.1) is 10.2 Å². The third kappa shape index (κ3) is 5.49. The van der Waals surface area contributed by atoms with Gasteiger partial charge in [0, 0.05) is 32.6 Å². The minimum Gasteiger partial charge on any atom is -0.356 e. The number of amides is 2. The first kappa shape index (κ1) is 21.5. The molecule has 0 aromatic carbocycles. The average molecular weight is 435 g/mol. The van der Waals surface area contributed by atoms with Crippen molar-refractivity contribution in [1.29, 1.82) is 0 Å². The molecule has 4 rings (SSSR count). The predicted octanol–water partition coefficient (Wildman–Crippen LogP) is 2.26. The van der Waals surface area contributed by atoms with Crippen LogP contribution in [-0.4, -0.2) is 72.7 Å². The highest BCUT2D eigenvalue weighted by Gasteiger charge is 2.30. The lowest BCUT2D eigenvalue weighted by molar-refractivity contribution is -0.125. The molecule has 166 valence electrons. The molecular formula is C21H34N6O2S. The summed E-state index contributed by atoms with van der Waals surface area (Å²) in [6, 6.07) is 0. The Labute approximate surface area is 183 Å². The number of hydrogen-bond donors (Lipinski definition) is 1. The molecule has 30 heavy (non-hydrogen) atoms. The minimum atomic E-state index is -0.00212. The SMILES string of the molecule is O=C(NCCCN1CCCCCC1)C1CCCN(c2nnc(N3CCCC3=O)s2)C1. The Hall–Kier alpha value is -1.74. The lowest BCUT2D eigenvalue weighted by atomic mass is 9.97. The first-order valence-electron chi connectivity index (χ1n) is 11.6. The van der Waals surface area contributed by atoms with Crippen LogP contribution >= 0.6 is 11.3 Å². The van der Waals surface area contributed by atoms with Crippen LogP contribution < -0.4 is 15.1 Å². The topological polar surface area (TPSA) is 81.7 Å². The average Bonchev–Trinajstić information content (AvgIpc) is 3.34.